The molecule has 4 aromatic rings. The first kappa shape index (κ1) is 21.2. The minimum atomic E-state index is -0.500. The van der Waals surface area contributed by atoms with Gasteiger partial charge < -0.3 is 8.83 Å². The molecule has 0 aliphatic carbocycles. The Kier molecular flexibility index (Phi) is 5.92. The van der Waals surface area contributed by atoms with E-state index in [1.54, 1.807) is 37.3 Å². The van der Waals surface area contributed by atoms with E-state index in [1.807, 2.05) is 12.1 Å². The van der Waals surface area contributed by atoms with E-state index in [2.05, 4.69) is 49.0 Å². The Balaban J connectivity index is 1.47. The fourth-order valence-corrected chi connectivity index (χ4v) is 4.59. The fourth-order valence-electron chi connectivity index (χ4n) is 2.93. The van der Waals surface area contributed by atoms with Gasteiger partial charge in [0.05, 0.1) is 14.7 Å². The van der Waals surface area contributed by atoms with E-state index in [9.17, 15) is 14.9 Å². The highest BCUT2D eigenvalue weighted by Crippen LogP contribution is 2.29. The predicted octanol–water partition coefficient (Wildman–Crippen LogP) is 6.04. The van der Waals surface area contributed by atoms with Crippen molar-refractivity contribution in [2.45, 2.75) is 6.92 Å². The molecule has 0 saturated carbocycles. The van der Waals surface area contributed by atoms with Gasteiger partial charge in [-0.3, -0.25) is 14.9 Å². The summed E-state index contributed by atoms with van der Waals surface area (Å²) in [5.41, 5.74) is 4.18. The van der Waals surface area contributed by atoms with Gasteiger partial charge in [0, 0.05) is 27.1 Å². The molecule has 0 aliphatic heterocycles. The minimum Gasteiger partial charge on any atom is -0.455 e. The summed E-state index contributed by atoms with van der Waals surface area (Å²) in [6.45, 7) is 1.67. The molecule has 31 heavy (non-hydrogen) atoms. The van der Waals surface area contributed by atoms with Gasteiger partial charge in [-0.15, -0.1) is 0 Å². The minimum absolute atomic E-state index is 0.0175. The van der Waals surface area contributed by atoms with Crippen molar-refractivity contribution in [1.82, 2.24) is 5.43 Å². The lowest BCUT2D eigenvalue weighted by molar-refractivity contribution is -0.385. The number of nitrogens with zero attached hydrogens (tertiary/aromatic N) is 2. The molecule has 0 bridgehead atoms. The molecule has 0 unspecified atom stereocenters. The van der Waals surface area contributed by atoms with Crippen LogP contribution in [0.2, 0.25) is 0 Å². The number of nitro groups is 1. The number of rotatable bonds is 5. The molecule has 1 amide bonds. The molecule has 2 aromatic heterocycles. The number of halogens is 2. The lowest BCUT2D eigenvalue weighted by Gasteiger charge is -2.00. The standard InChI is InChI=1S/C21H13BrIN3O5/c1-11-2-3-12(7-17(11)26(28)29)18-5-4-15(30-18)10-24-25-21(27)19-8-13-6-14(22)9-16(23)20(13)31-19/h2-10H,1H3,(H,25,27)/b24-10-. The van der Waals surface area contributed by atoms with E-state index in [0.29, 0.717) is 28.2 Å². The van der Waals surface area contributed by atoms with E-state index >= 15 is 0 Å². The molecule has 1 N–H and O–H groups in total. The van der Waals surface area contributed by atoms with Crippen LogP contribution in [0.1, 0.15) is 21.9 Å². The second kappa shape index (κ2) is 8.63. The van der Waals surface area contributed by atoms with E-state index in [0.717, 1.165) is 13.4 Å². The lowest BCUT2D eigenvalue weighted by atomic mass is 10.1. The van der Waals surface area contributed by atoms with Crippen LogP contribution in [0, 0.1) is 20.6 Å². The topological polar surface area (TPSA) is 111 Å². The van der Waals surface area contributed by atoms with Gasteiger partial charge in [-0.2, -0.15) is 5.10 Å². The highest BCUT2D eigenvalue weighted by Gasteiger charge is 2.15. The Morgan fingerprint density at radius 3 is 2.77 bits per heavy atom. The third-order valence-electron chi connectivity index (χ3n) is 4.43. The molecule has 4 rings (SSSR count). The Bertz CT molecular complexity index is 1360. The average Bonchev–Trinajstić information content (AvgIpc) is 3.35. The molecular weight excluding hydrogens is 581 g/mol. The number of fused-ring (bicyclic) bond motifs is 1. The van der Waals surface area contributed by atoms with Gasteiger partial charge in [0.25, 0.3) is 5.69 Å². The average molecular weight is 594 g/mol. The van der Waals surface area contributed by atoms with Crippen molar-refractivity contribution in [1.29, 1.82) is 0 Å². The SMILES string of the molecule is Cc1ccc(-c2ccc(/C=N\NC(=O)c3cc4cc(Br)cc(I)c4o3)o2)cc1[N+](=O)[O-]. The summed E-state index contributed by atoms with van der Waals surface area (Å²) in [6.07, 6.45) is 1.34. The smallest absolute Gasteiger partial charge is 0.307 e. The normalized spacial score (nSPS) is 11.3. The summed E-state index contributed by atoms with van der Waals surface area (Å²) in [6, 6.07) is 13.6. The molecule has 0 spiro atoms. The van der Waals surface area contributed by atoms with Crippen LogP contribution in [0.4, 0.5) is 5.69 Å². The van der Waals surface area contributed by atoms with Gasteiger partial charge in [-0.05, 0) is 59.8 Å². The summed E-state index contributed by atoms with van der Waals surface area (Å²) in [5, 5.41) is 15.8. The van der Waals surface area contributed by atoms with Crippen LogP contribution in [-0.2, 0) is 0 Å². The van der Waals surface area contributed by atoms with E-state index < -0.39 is 10.8 Å². The van der Waals surface area contributed by atoms with E-state index in [-0.39, 0.29) is 11.4 Å². The molecule has 0 atom stereocenters. The monoisotopic (exact) mass is 593 g/mol. The van der Waals surface area contributed by atoms with Crippen molar-refractivity contribution in [3.63, 3.8) is 0 Å². The fraction of sp³-hybridized carbons (Fsp3) is 0.0476. The van der Waals surface area contributed by atoms with Crippen LogP contribution in [0.3, 0.4) is 0 Å². The summed E-state index contributed by atoms with van der Waals surface area (Å²) in [4.78, 5) is 23.0. The second-order valence-electron chi connectivity index (χ2n) is 6.58. The number of benzene rings is 2. The number of amides is 1. The van der Waals surface area contributed by atoms with Crippen LogP contribution in [-0.4, -0.2) is 17.0 Å². The molecule has 0 aliphatic rings. The van der Waals surface area contributed by atoms with Crippen molar-refractivity contribution >= 4 is 67.3 Å². The number of hydrazone groups is 1. The van der Waals surface area contributed by atoms with E-state index in [1.165, 1.54) is 12.3 Å². The number of nitrogens with one attached hydrogen (secondary N) is 1. The first-order chi connectivity index (χ1) is 14.8. The lowest BCUT2D eigenvalue weighted by Crippen LogP contribution is -2.16. The zero-order valence-electron chi connectivity index (χ0n) is 15.9. The number of carbonyl (C=O) groups excluding carboxylic acids is 1. The Hall–Kier alpha value is -2.99. The molecule has 0 fully saturated rings. The maximum Gasteiger partial charge on any atom is 0.307 e. The zero-order chi connectivity index (χ0) is 22.1. The van der Waals surface area contributed by atoms with Gasteiger partial charge in [0.15, 0.2) is 5.76 Å². The van der Waals surface area contributed by atoms with Crippen molar-refractivity contribution in [3.05, 3.63) is 83.8 Å². The quantitative estimate of drug-likeness (QED) is 0.131. The first-order valence-corrected chi connectivity index (χ1v) is 10.8. The number of aryl methyl sites for hydroxylation is 1. The third-order valence-corrected chi connectivity index (χ3v) is 5.69. The largest absolute Gasteiger partial charge is 0.455 e. The highest BCUT2D eigenvalue weighted by molar-refractivity contribution is 14.1. The van der Waals surface area contributed by atoms with Crippen molar-refractivity contribution in [2.24, 2.45) is 5.10 Å². The molecule has 2 heterocycles. The van der Waals surface area contributed by atoms with Gasteiger partial charge in [-0.25, -0.2) is 5.43 Å². The van der Waals surface area contributed by atoms with Gasteiger partial charge in [-0.1, -0.05) is 28.1 Å². The van der Waals surface area contributed by atoms with Crippen LogP contribution in [0.25, 0.3) is 22.3 Å². The van der Waals surface area contributed by atoms with Crippen molar-refractivity contribution in [3.8, 4) is 11.3 Å². The molecule has 0 radical (unpaired) electrons. The van der Waals surface area contributed by atoms with Crippen LogP contribution in [0.15, 0.2) is 66.9 Å². The van der Waals surface area contributed by atoms with Gasteiger partial charge in [0.1, 0.15) is 17.1 Å². The summed E-state index contributed by atoms with van der Waals surface area (Å²) >= 11 is 5.55. The number of hydrogen-bond donors (Lipinski definition) is 1. The number of carbonyl (C=O) groups is 1. The maximum atomic E-state index is 12.3. The van der Waals surface area contributed by atoms with Crippen LogP contribution in [0.5, 0.6) is 0 Å². The Morgan fingerprint density at radius 2 is 2.00 bits per heavy atom. The molecule has 2 aromatic carbocycles. The Labute approximate surface area is 197 Å². The summed E-state index contributed by atoms with van der Waals surface area (Å²) in [5.74, 6) is 0.463. The molecule has 0 saturated heterocycles. The summed E-state index contributed by atoms with van der Waals surface area (Å²) in [7, 11) is 0. The maximum absolute atomic E-state index is 12.3. The zero-order valence-corrected chi connectivity index (χ0v) is 19.6. The third kappa shape index (κ3) is 4.54. The van der Waals surface area contributed by atoms with Crippen molar-refractivity contribution < 1.29 is 18.6 Å². The molecule has 156 valence electrons. The first-order valence-electron chi connectivity index (χ1n) is 8.89. The van der Waals surface area contributed by atoms with E-state index in [4.69, 9.17) is 8.83 Å². The van der Waals surface area contributed by atoms with Crippen molar-refractivity contribution in [2.75, 3.05) is 0 Å². The molecular formula is C21H13BrIN3O5. The Morgan fingerprint density at radius 1 is 1.19 bits per heavy atom. The van der Waals surface area contributed by atoms with Gasteiger partial charge >= 0.3 is 5.91 Å². The number of nitro benzene ring substituents is 1. The van der Waals surface area contributed by atoms with Gasteiger partial charge in [0.2, 0.25) is 0 Å². The van der Waals surface area contributed by atoms with Crippen LogP contribution < -0.4 is 5.43 Å². The highest BCUT2D eigenvalue weighted by atomic mass is 127. The summed E-state index contributed by atoms with van der Waals surface area (Å²) < 4.78 is 13.1. The number of furan rings is 2. The predicted molar refractivity (Wildman–Crippen MR) is 127 cm³/mol. The number of hydrogen-bond acceptors (Lipinski definition) is 6. The second-order valence-corrected chi connectivity index (χ2v) is 8.65. The molecule has 10 heteroatoms. The van der Waals surface area contributed by atoms with Crippen LogP contribution >= 0.6 is 38.5 Å². The molecule has 8 nitrogen and oxygen atoms in total.